The third-order valence-electron chi connectivity index (χ3n) is 5.53. The van der Waals surface area contributed by atoms with Gasteiger partial charge in [-0.1, -0.05) is 55.0 Å². The average molecular weight is 439 g/mol. The SMILES string of the molecule is CC(C)c1ccc(-c2noc(CSc3nc4sc5c(c4c(=O)n3C)CCC5)n2)cc1. The zero-order valence-corrected chi connectivity index (χ0v) is 18.8. The Balaban J connectivity index is 1.36. The summed E-state index contributed by atoms with van der Waals surface area (Å²) in [5.74, 6) is 2.05. The van der Waals surface area contributed by atoms with Crippen molar-refractivity contribution >= 4 is 33.3 Å². The van der Waals surface area contributed by atoms with Crippen LogP contribution in [0.15, 0.2) is 38.7 Å². The van der Waals surface area contributed by atoms with E-state index >= 15 is 0 Å². The molecule has 1 aromatic carbocycles. The molecule has 0 bridgehead atoms. The number of rotatable bonds is 5. The zero-order valence-electron chi connectivity index (χ0n) is 17.1. The summed E-state index contributed by atoms with van der Waals surface area (Å²) in [6, 6.07) is 8.23. The molecule has 0 spiro atoms. The first-order valence-corrected chi connectivity index (χ1v) is 11.9. The van der Waals surface area contributed by atoms with Crippen molar-refractivity contribution < 1.29 is 4.52 Å². The van der Waals surface area contributed by atoms with Crippen molar-refractivity contribution in [3.05, 3.63) is 56.5 Å². The molecule has 0 N–H and O–H groups in total. The van der Waals surface area contributed by atoms with Crippen LogP contribution in [-0.4, -0.2) is 19.7 Å². The standard InChI is InChI=1S/C22H22N4O2S2/c1-12(2)13-7-9-14(10-8-13)19-23-17(28-25-19)11-29-22-24-20-18(21(27)26(22)3)15-5-4-6-16(15)30-20/h7-10,12H,4-6,11H2,1-3H3. The second-order valence-electron chi connectivity index (χ2n) is 7.87. The molecule has 0 radical (unpaired) electrons. The molecule has 3 heterocycles. The number of nitrogens with zero attached hydrogens (tertiary/aromatic N) is 4. The number of hydrogen-bond acceptors (Lipinski definition) is 7. The minimum atomic E-state index is 0.0401. The first-order chi connectivity index (χ1) is 14.5. The molecule has 0 saturated heterocycles. The van der Waals surface area contributed by atoms with Gasteiger partial charge in [0.15, 0.2) is 5.16 Å². The normalized spacial score (nSPS) is 13.5. The molecule has 1 aliphatic carbocycles. The highest BCUT2D eigenvalue weighted by Crippen LogP contribution is 2.35. The molecule has 6 nitrogen and oxygen atoms in total. The van der Waals surface area contributed by atoms with Gasteiger partial charge in [0.2, 0.25) is 11.7 Å². The summed E-state index contributed by atoms with van der Waals surface area (Å²) < 4.78 is 7.07. The second-order valence-corrected chi connectivity index (χ2v) is 9.90. The zero-order chi connectivity index (χ0) is 20.8. The molecule has 0 fully saturated rings. The molecule has 5 rings (SSSR count). The fourth-order valence-corrected chi connectivity index (χ4v) is 5.92. The Kier molecular flexibility index (Phi) is 4.99. The molecule has 0 aliphatic heterocycles. The van der Waals surface area contributed by atoms with E-state index in [1.54, 1.807) is 23.0 Å². The molecule has 1 aliphatic rings. The summed E-state index contributed by atoms with van der Waals surface area (Å²) >= 11 is 3.11. The Morgan fingerprint density at radius 3 is 2.77 bits per heavy atom. The highest BCUT2D eigenvalue weighted by Gasteiger charge is 2.22. The number of hydrogen-bond donors (Lipinski definition) is 0. The van der Waals surface area contributed by atoms with Crippen molar-refractivity contribution in [3.8, 4) is 11.4 Å². The third-order valence-corrected chi connectivity index (χ3v) is 7.73. The first kappa shape index (κ1) is 19.5. The van der Waals surface area contributed by atoms with E-state index in [2.05, 4.69) is 36.1 Å². The number of aromatic nitrogens is 4. The van der Waals surface area contributed by atoms with Gasteiger partial charge in [0, 0.05) is 17.5 Å². The quantitative estimate of drug-likeness (QED) is 0.324. The van der Waals surface area contributed by atoms with Crippen molar-refractivity contribution in [2.45, 2.75) is 49.9 Å². The smallest absolute Gasteiger partial charge is 0.262 e. The lowest BCUT2D eigenvalue weighted by Gasteiger charge is -2.06. The lowest BCUT2D eigenvalue weighted by atomic mass is 10.0. The van der Waals surface area contributed by atoms with Gasteiger partial charge in [-0.3, -0.25) is 9.36 Å². The van der Waals surface area contributed by atoms with Crippen LogP contribution in [0.5, 0.6) is 0 Å². The van der Waals surface area contributed by atoms with E-state index in [-0.39, 0.29) is 5.56 Å². The van der Waals surface area contributed by atoms with Gasteiger partial charge in [-0.05, 0) is 36.3 Å². The summed E-state index contributed by atoms with van der Waals surface area (Å²) in [6.07, 6.45) is 3.18. The molecule has 8 heteroatoms. The van der Waals surface area contributed by atoms with E-state index in [0.29, 0.717) is 28.5 Å². The fourth-order valence-electron chi connectivity index (χ4n) is 3.81. The Bertz CT molecular complexity index is 1290. The molecule has 0 unspecified atom stereocenters. The average Bonchev–Trinajstić information content (AvgIpc) is 3.45. The van der Waals surface area contributed by atoms with Crippen LogP contribution in [0, 0.1) is 0 Å². The fraction of sp³-hybridized carbons (Fsp3) is 0.364. The molecule has 0 saturated carbocycles. The summed E-state index contributed by atoms with van der Waals surface area (Å²) in [5.41, 5.74) is 3.46. The van der Waals surface area contributed by atoms with Gasteiger partial charge >= 0.3 is 0 Å². The summed E-state index contributed by atoms with van der Waals surface area (Å²) in [5, 5.41) is 5.59. The van der Waals surface area contributed by atoms with E-state index in [0.717, 1.165) is 35.0 Å². The van der Waals surface area contributed by atoms with Crippen molar-refractivity contribution in [1.29, 1.82) is 0 Å². The van der Waals surface area contributed by atoms with Crippen molar-refractivity contribution in [3.63, 3.8) is 0 Å². The largest absolute Gasteiger partial charge is 0.338 e. The van der Waals surface area contributed by atoms with E-state index in [1.165, 1.54) is 27.8 Å². The van der Waals surface area contributed by atoms with E-state index in [4.69, 9.17) is 9.51 Å². The van der Waals surface area contributed by atoms with E-state index in [9.17, 15) is 4.79 Å². The molecule has 0 amide bonds. The van der Waals surface area contributed by atoms with Gasteiger partial charge in [0.1, 0.15) is 4.83 Å². The van der Waals surface area contributed by atoms with Crippen molar-refractivity contribution in [2.75, 3.05) is 0 Å². The minimum Gasteiger partial charge on any atom is -0.338 e. The lowest BCUT2D eigenvalue weighted by Crippen LogP contribution is -2.20. The van der Waals surface area contributed by atoms with Crippen LogP contribution in [0.1, 0.15) is 48.1 Å². The second kappa shape index (κ2) is 7.67. The monoisotopic (exact) mass is 438 g/mol. The number of aryl methyl sites for hydroxylation is 2. The molecule has 3 aromatic heterocycles. The molecule has 30 heavy (non-hydrogen) atoms. The first-order valence-electron chi connectivity index (χ1n) is 10.1. The Labute approximate surface area is 182 Å². The number of thioether (sulfide) groups is 1. The van der Waals surface area contributed by atoms with Gasteiger partial charge in [0.25, 0.3) is 5.56 Å². The maximum absolute atomic E-state index is 12.9. The van der Waals surface area contributed by atoms with Crippen LogP contribution < -0.4 is 5.56 Å². The van der Waals surface area contributed by atoms with Crippen LogP contribution in [0.2, 0.25) is 0 Å². The van der Waals surface area contributed by atoms with Crippen LogP contribution in [0.3, 0.4) is 0 Å². The van der Waals surface area contributed by atoms with Gasteiger partial charge in [-0.15, -0.1) is 11.3 Å². The summed E-state index contributed by atoms with van der Waals surface area (Å²) in [7, 11) is 1.78. The lowest BCUT2D eigenvalue weighted by molar-refractivity contribution is 0.391. The molecule has 0 atom stereocenters. The Morgan fingerprint density at radius 1 is 1.20 bits per heavy atom. The van der Waals surface area contributed by atoms with Crippen LogP contribution in [-0.2, 0) is 25.6 Å². The highest BCUT2D eigenvalue weighted by molar-refractivity contribution is 7.98. The predicted molar refractivity (Wildman–Crippen MR) is 120 cm³/mol. The molecular formula is C22H22N4O2S2. The summed E-state index contributed by atoms with van der Waals surface area (Å²) in [4.78, 5) is 24.4. The summed E-state index contributed by atoms with van der Waals surface area (Å²) in [6.45, 7) is 4.34. The van der Waals surface area contributed by atoms with Crippen LogP contribution in [0.25, 0.3) is 21.6 Å². The van der Waals surface area contributed by atoms with E-state index in [1.807, 2.05) is 12.1 Å². The number of thiophene rings is 1. The van der Waals surface area contributed by atoms with Gasteiger partial charge in [0.05, 0.1) is 11.1 Å². The maximum Gasteiger partial charge on any atom is 0.262 e. The van der Waals surface area contributed by atoms with Crippen molar-refractivity contribution in [2.24, 2.45) is 7.05 Å². The van der Waals surface area contributed by atoms with Crippen molar-refractivity contribution in [1.82, 2.24) is 19.7 Å². The minimum absolute atomic E-state index is 0.0401. The molecular weight excluding hydrogens is 416 g/mol. The molecule has 154 valence electrons. The number of fused-ring (bicyclic) bond motifs is 3. The molecule has 4 aromatic rings. The van der Waals surface area contributed by atoms with Gasteiger partial charge < -0.3 is 4.52 Å². The topological polar surface area (TPSA) is 73.8 Å². The maximum atomic E-state index is 12.9. The van der Waals surface area contributed by atoms with E-state index < -0.39 is 0 Å². The van der Waals surface area contributed by atoms with Gasteiger partial charge in [-0.2, -0.15) is 4.98 Å². The third kappa shape index (κ3) is 3.37. The number of benzene rings is 1. The Morgan fingerprint density at radius 2 is 2.00 bits per heavy atom. The Hall–Kier alpha value is -2.45. The predicted octanol–water partition coefficient (Wildman–Crippen LogP) is 4.95. The van der Waals surface area contributed by atoms with Gasteiger partial charge in [-0.25, -0.2) is 4.98 Å². The van der Waals surface area contributed by atoms with Crippen LogP contribution in [0.4, 0.5) is 0 Å². The van der Waals surface area contributed by atoms with Crippen LogP contribution >= 0.6 is 23.1 Å². The highest BCUT2D eigenvalue weighted by atomic mass is 32.2.